The molecule has 0 bridgehead atoms. The molecule has 23 heavy (non-hydrogen) atoms. The number of aryl methyl sites for hydroxylation is 2. The minimum absolute atomic E-state index is 0.103. The maximum Gasteiger partial charge on any atom is 0.251 e. The van der Waals surface area contributed by atoms with Crippen LogP contribution in [0.5, 0.6) is 0 Å². The van der Waals surface area contributed by atoms with Crippen molar-refractivity contribution in [2.45, 2.75) is 20.4 Å². The molecule has 3 aromatic rings. The Morgan fingerprint density at radius 3 is 2.61 bits per heavy atom. The Morgan fingerprint density at radius 1 is 1.09 bits per heavy atom. The lowest BCUT2D eigenvalue weighted by Crippen LogP contribution is -2.24. The van der Waals surface area contributed by atoms with Crippen LogP contribution in [0, 0.1) is 13.8 Å². The van der Waals surface area contributed by atoms with Crippen molar-refractivity contribution in [3.05, 3.63) is 77.1 Å². The van der Waals surface area contributed by atoms with E-state index in [0.717, 1.165) is 16.9 Å². The number of para-hydroxylation sites is 1. The van der Waals surface area contributed by atoms with Crippen molar-refractivity contribution in [1.29, 1.82) is 0 Å². The summed E-state index contributed by atoms with van der Waals surface area (Å²) >= 11 is 0. The van der Waals surface area contributed by atoms with E-state index in [1.807, 2.05) is 62.4 Å². The van der Waals surface area contributed by atoms with Crippen molar-refractivity contribution in [3.8, 4) is 5.69 Å². The van der Waals surface area contributed by atoms with Gasteiger partial charge in [0.25, 0.3) is 5.91 Å². The van der Waals surface area contributed by atoms with E-state index in [0.29, 0.717) is 12.1 Å². The number of carbonyl (C=O) groups excluding carboxylic acids is 1. The quantitative estimate of drug-likeness (QED) is 0.806. The molecule has 0 fully saturated rings. The van der Waals surface area contributed by atoms with Gasteiger partial charge in [-0.1, -0.05) is 29.5 Å². The molecule has 5 heteroatoms. The summed E-state index contributed by atoms with van der Waals surface area (Å²) in [7, 11) is 0. The number of nitrogens with zero attached hydrogens (tertiary/aromatic N) is 3. The van der Waals surface area contributed by atoms with E-state index in [4.69, 9.17) is 0 Å². The summed E-state index contributed by atoms with van der Waals surface area (Å²) in [5.74, 6) is -0.103. The Kier molecular flexibility index (Phi) is 4.19. The fourth-order valence-electron chi connectivity index (χ4n) is 2.32. The molecule has 1 heterocycles. The van der Waals surface area contributed by atoms with Crippen molar-refractivity contribution < 1.29 is 4.79 Å². The predicted molar refractivity (Wildman–Crippen MR) is 88.4 cm³/mol. The fraction of sp³-hybridized carbons (Fsp3) is 0.167. The molecule has 2 aromatic carbocycles. The molecule has 0 saturated heterocycles. The molecule has 1 aromatic heterocycles. The van der Waals surface area contributed by atoms with Gasteiger partial charge < -0.3 is 5.32 Å². The molecule has 0 unspecified atom stereocenters. The number of amides is 1. The van der Waals surface area contributed by atoms with Gasteiger partial charge in [-0.3, -0.25) is 4.79 Å². The van der Waals surface area contributed by atoms with Crippen LogP contribution in [0.2, 0.25) is 0 Å². The van der Waals surface area contributed by atoms with Gasteiger partial charge in [0.2, 0.25) is 0 Å². The second-order valence-electron chi connectivity index (χ2n) is 5.45. The number of nitrogens with one attached hydrogen (secondary N) is 1. The highest BCUT2D eigenvalue weighted by atomic mass is 16.1. The number of rotatable bonds is 4. The summed E-state index contributed by atoms with van der Waals surface area (Å²) in [5.41, 5.74) is 4.68. The van der Waals surface area contributed by atoms with E-state index < -0.39 is 0 Å². The molecule has 3 rings (SSSR count). The molecule has 0 aliphatic rings. The third kappa shape index (κ3) is 3.29. The Balaban J connectivity index is 1.73. The summed E-state index contributed by atoms with van der Waals surface area (Å²) in [4.78, 5) is 12.3. The molecule has 0 spiro atoms. The Hall–Kier alpha value is -2.95. The van der Waals surface area contributed by atoms with Crippen LogP contribution < -0.4 is 5.32 Å². The first-order chi connectivity index (χ1) is 11.1. The fourth-order valence-corrected chi connectivity index (χ4v) is 2.32. The zero-order valence-electron chi connectivity index (χ0n) is 13.2. The Labute approximate surface area is 135 Å². The summed E-state index contributed by atoms with van der Waals surface area (Å²) < 4.78 is 1.72. The van der Waals surface area contributed by atoms with Gasteiger partial charge in [-0.25, -0.2) is 4.68 Å². The highest BCUT2D eigenvalue weighted by Gasteiger charge is 2.10. The van der Waals surface area contributed by atoms with Crippen molar-refractivity contribution in [1.82, 2.24) is 20.3 Å². The minimum atomic E-state index is -0.103. The van der Waals surface area contributed by atoms with Crippen LogP contribution in [-0.2, 0) is 6.54 Å². The summed E-state index contributed by atoms with van der Waals surface area (Å²) in [6.07, 6.45) is 1.66. The topological polar surface area (TPSA) is 59.8 Å². The molecular formula is C18H18N4O. The van der Waals surface area contributed by atoms with Crippen molar-refractivity contribution in [2.75, 3.05) is 0 Å². The van der Waals surface area contributed by atoms with Gasteiger partial charge >= 0.3 is 0 Å². The molecule has 0 aliphatic heterocycles. The monoisotopic (exact) mass is 306 g/mol. The van der Waals surface area contributed by atoms with Crippen molar-refractivity contribution in [3.63, 3.8) is 0 Å². The summed E-state index contributed by atoms with van der Waals surface area (Å²) in [5, 5.41) is 10.9. The number of benzene rings is 2. The van der Waals surface area contributed by atoms with Gasteiger partial charge in [0.15, 0.2) is 0 Å². The summed E-state index contributed by atoms with van der Waals surface area (Å²) in [6.45, 7) is 4.40. The SMILES string of the molecule is Cc1ccc(C(=O)NCc2cnnn2-c2ccccc2)cc1C. The highest BCUT2D eigenvalue weighted by molar-refractivity contribution is 5.94. The number of aromatic nitrogens is 3. The first-order valence-electron chi connectivity index (χ1n) is 7.45. The predicted octanol–water partition coefficient (Wildman–Crippen LogP) is 2.81. The largest absolute Gasteiger partial charge is 0.346 e. The van der Waals surface area contributed by atoms with Crippen LogP contribution in [-0.4, -0.2) is 20.9 Å². The molecule has 1 N–H and O–H groups in total. The second kappa shape index (κ2) is 6.44. The van der Waals surface area contributed by atoms with Crippen LogP contribution in [0.15, 0.2) is 54.7 Å². The third-order valence-corrected chi connectivity index (χ3v) is 3.82. The molecule has 0 atom stereocenters. The molecular weight excluding hydrogens is 288 g/mol. The van der Waals surface area contributed by atoms with Gasteiger partial charge in [0.1, 0.15) is 0 Å². The number of carbonyl (C=O) groups is 1. The molecule has 0 aliphatic carbocycles. The lowest BCUT2D eigenvalue weighted by molar-refractivity contribution is 0.0950. The van der Waals surface area contributed by atoms with Crippen LogP contribution in [0.25, 0.3) is 5.69 Å². The smallest absolute Gasteiger partial charge is 0.251 e. The third-order valence-electron chi connectivity index (χ3n) is 3.82. The average Bonchev–Trinajstić information content (AvgIpc) is 3.04. The molecule has 5 nitrogen and oxygen atoms in total. The van der Waals surface area contributed by atoms with Crippen LogP contribution in [0.4, 0.5) is 0 Å². The van der Waals surface area contributed by atoms with E-state index in [1.165, 1.54) is 5.56 Å². The Morgan fingerprint density at radius 2 is 1.87 bits per heavy atom. The van der Waals surface area contributed by atoms with E-state index in [-0.39, 0.29) is 5.91 Å². The highest BCUT2D eigenvalue weighted by Crippen LogP contribution is 2.11. The van der Waals surface area contributed by atoms with Gasteiger partial charge in [-0.2, -0.15) is 0 Å². The molecule has 1 amide bonds. The second-order valence-corrected chi connectivity index (χ2v) is 5.45. The maximum absolute atomic E-state index is 12.3. The normalized spacial score (nSPS) is 10.5. The Bertz CT molecular complexity index is 824. The van der Waals surface area contributed by atoms with E-state index >= 15 is 0 Å². The van der Waals surface area contributed by atoms with Gasteiger partial charge in [0, 0.05) is 5.56 Å². The first kappa shape index (κ1) is 15.0. The first-order valence-corrected chi connectivity index (χ1v) is 7.45. The molecule has 0 radical (unpaired) electrons. The van der Waals surface area contributed by atoms with Gasteiger partial charge in [-0.05, 0) is 49.2 Å². The molecule has 116 valence electrons. The van der Waals surface area contributed by atoms with Crippen LogP contribution in [0.3, 0.4) is 0 Å². The average molecular weight is 306 g/mol. The van der Waals surface area contributed by atoms with E-state index in [9.17, 15) is 4.79 Å². The lowest BCUT2D eigenvalue weighted by Gasteiger charge is -2.09. The van der Waals surface area contributed by atoms with E-state index in [2.05, 4.69) is 15.6 Å². The zero-order valence-corrected chi connectivity index (χ0v) is 13.2. The van der Waals surface area contributed by atoms with Crippen molar-refractivity contribution >= 4 is 5.91 Å². The maximum atomic E-state index is 12.3. The van der Waals surface area contributed by atoms with Crippen LogP contribution >= 0.6 is 0 Å². The minimum Gasteiger partial charge on any atom is -0.346 e. The van der Waals surface area contributed by atoms with Gasteiger partial charge in [-0.15, -0.1) is 5.10 Å². The summed E-state index contributed by atoms with van der Waals surface area (Å²) in [6, 6.07) is 15.4. The van der Waals surface area contributed by atoms with E-state index in [1.54, 1.807) is 10.9 Å². The number of hydrogen-bond donors (Lipinski definition) is 1. The standard InChI is InChI=1S/C18H18N4O/c1-13-8-9-15(10-14(13)2)18(23)19-11-17-12-20-21-22(17)16-6-4-3-5-7-16/h3-10,12H,11H2,1-2H3,(H,19,23). The zero-order chi connectivity index (χ0) is 16.2. The van der Waals surface area contributed by atoms with Crippen LogP contribution in [0.1, 0.15) is 27.2 Å². The van der Waals surface area contributed by atoms with Gasteiger partial charge in [0.05, 0.1) is 24.1 Å². The number of hydrogen-bond acceptors (Lipinski definition) is 3. The van der Waals surface area contributed by atoms with Crippen molar-refractivity contribution in [2.24, 2.45) is 0 Å². The lowest BCUT2D eigenvalue weighted by atomic mass is 10.1. The molecule has 0 saturated carbocycles.